The molecule has 48 valence electrons. The zero-order valence-electron chi connectivity index (χ0n) is 5.43. The predicted octanol–water partition coefficient (Wildman–Crippen LogP) is 0.0393. The van der Waals surface area contributed by atoms with Gasteiger partial charge in [-0.15, -0.1) is 0 Å². The van der Waals surface area contributed by atoms with Crippen LogP contribution in [0.3, 0.4) is 0 Å². The molecule has 2 nitrogen and oxygen atoms in total. The Kier molecular flexibility index (Phi) is 1.86. The molecule has 0 aromatic heterocycles. The molecule has 8 heavy (non-hydrogen) atoms. The lowest BCUT2D eigenvalue weighted by Crippen LogP contribution is -2.47. The second-order valence-electron chi connectivity index (χ2n) is 2.46. The summed E-state index contributed by atoms with van der Waals surface area (Å²) in [5.41, 5.74) is 5.36. The second kappa shape index (κ2) is 2.46. The molecule has 0 aliphatic carbocycles. The van der Waals surface area contributed by atoms with Crippen molar-refractivity contribution in [3.05, 3.63) is 0 Å². The molecule has 1 atom stereocenters. The van der Waals surface area contributed by atoms with Gasteiger partial charge in [0, 0.05) is 19.1 Å². The first kappa shape index (κ1) is 6.05. The van der Waals surface area contributed by atoms with E-state index in [0.717, 1.165) is 19.1 Å². The molecular formula is C6H14N2. The SMILES string of the molecule is CC1CCN1CCN. The smallest absolute Gasteiger partial charge is 0.0107 e. The van der Waals surface area contributed by atoms with E-state index in [1.807, 2.05) is 0 Å². The van der Waals surface area contributed by atoms with Crippen LogP contribution in [-0.2, 0) is 0 Å². The number of hydrogen-bond donors (Lipinski definition) is 1. The number of rotatable bonds is 2. The molecule has 0 aromatic carbocycles. The van der Waals surface area contributed by atoms with Crippen molar-refractivity contribution >= 4 is 0 Å². The van der Waals surface area contributed by atoms with Crippen LogP contribution >= 0.6 is 0 Å². The summed E-state index contributed by atoms with van der Waals surface area (Å²) in [5, 5.41) is 0. The maximum Gasteiger partial charge on any atom is 0.0107 e. The van der Waals surface area contributed by atoms with Gasteiger partial charge in [0.2, 0.25) is 0 Å². The molecule has 1 aliphatic heterocycles. The van der Waals surface area contributed by atoms with Crippen molar-refractivity contribution in [2.75, 3.05) is 19.6 Å². The van der Waals surface area contributed by atoms with Crippen LogP contribution in [0.1, 0.15) is 13.3 Å². The minimum Gasteiger partial charge on any atom is -0.329 e. The molecule has 0 saturated carbocycles. The van der Waals surface area contributed by atoms with E-state index in [4.69, 9.17) is 5.73 Å². The van der Waals surface area contributed by atoms with Crippen LogP contribution in [0, 0.1) is 0 Å². The van der Waals surface area contributed by atoms with Gasteiger partial charge in [0.1, 0.15) is 0 Å². The van der Waals surface area contributed by atoms with Gasteiger partial charge in [0.05, 0.1) is 0 Å². The van der Waals surface area contributed by atoms with Gasteiger partial charge in [-0.05, 0) is 19.9 Å². The lowest BCUT2D eigenvalue weighted by Gasteiger charge is -2.38. The largest absolute Gasteiger partial charge is 0.329 e. The van der Waals surface area contributed by atoms with E-state index in [0.29, 0.717) is 0 Å². The average Bonchev–Trinajstić information content (AvgIpc) is 1.79. The predicted molar refractivity (Wildman–Crippen MR) is 34.7 cm³/mol. The molecule has 0 radical (unpaired) electrons. The summed E-state index contributed by atoms with van der Waals surface area (Å²) in [5.74, 6) is 0. The highest BCUT2D eigenvalue weighted by Crippen LogP contribution is 2.14. The first-order valence-corrected chi connectivity index (χ1v) is 3.28. The summed E-state index contributed by atoms with van der Waals surface area (Å²) in [6.45, 7) is 5.41. The van der Waals surface area contributed by atoms with E-state index in [-0.39, 0.29) is 0 Å². The molecule has 1 aliphatic rings. The number of nitrogens with two attached hydrogens (primary N) is 1. The highest BCUT2D eigenvalue weighted by molar-refractivity contribution is 4.77. The molecule has 0 bridgehead atoms. The fourth-order valence-corrected chi connectivity index (χ4v) is 1.07. The minimum atomic E-state index is 0.804. The minimum absolute atomic E-state index is 0.804. The lowest BCUT2D eigenvalue weighted by molar-refractivity contribution is 0.109. The Morgan fingerprint density at radius 2 is 2.50 bits per heavy atom. The van der Waals surface area contributed by atoms with Crippen LogP contribution < -0.4 is 5.73 Å². The van der Waals surface area contributed by atoms with E-state index < -0.39 is 0 Å². The third kappa shape index (κ3) is 1.01. The molecule has 0 amide bonds. The van der Waals surface area contributed by atoms with Gasteiger partial charge in [-0.3, -0.25) is 4.90 Å². The van der Waals surface area contributed by atoms with Crippen molar-refractivity contribution in [1.29, 1.82) is 0 Å². The fraction of sp³-hybridized carbons (Fsp3) is 1.00. The van der Waals surface area contributed by atoms with Crippen LogP contribution in [-0.4, -0.2) is 30.6 Å². The van der Waals surface area contributed by atoms with Gasteiger partial charge in [0.15, 0.2) is 0 Å². The van der Waals surface area contributed by atoms with Gasteiger partial charge in [-0.2, -0.15) is 0 Å². The van der Waals surface area contributed by atoms with E-state index in [1.165, 1.54) is 13.0 Å². The first-order valence-electron chi connectivity index (χ1n) is 3.28. The Balaban J connectivity index is 2.08. The van der Waals surface area contributed by atoms with Crippen molar-refractivity contribution in [2.24, 2.45) is 5.73 Å². The molecule has 1 fully saturated rings. The van der Waals surface area contributed by atoms with Gasteiger partial charge in [0.25, 0.3) is 0 Å². The van der Waals surface area contributed by atoms with Crippen LogP contribution in [0.2, 0.25) is 0 Å². The molecule has 1 unspecified atom stereocenters. The third-order valence-corrected chi connectivity index (χ3v) is 1.87. The summed E-state index contributed by atoms with van der Waals surface area (Å²) in [6.07, 6.45) is 1.36. The Morgan fingerprint density at radius 1 is 1.75 bits per heavy atom. The van der Waals surface area contributed by atoms with E-state index in [2.05, 4.69) is 11.8 Å². The Hall–Kier alpha value is -0.0800. The molecule has 2 N–H and O–H groups in total. The maximum atomic E-state index is 5.36. The highest BCUT2D eigenvalue weighted by Gasteiger charge is 2.21. The molecule has 1 saturated heterocycles. The van der Waals surface area contributed by atoms with Gasteiger partial charge in [-0.1, -0.05) is 0 Å². The van der Waals surface area contributed by atoms with Crippen LogP contribution in [0.15, 0.2) is 0 Å². The van der Waals surface area contributed by atoms with E-state index >= 15 is 0 Å². The van der Waals surface area contributed by atoms with Gasteiger partial charge in [-0.25, -0.2) is 0 Å². The van der Waals surface area contributed by atoms with Crippen molar-refractivity contribution < 1.29 is 0 Å². The second-order valence-corrected chi connectivity index (χ2v) is 2.46. The fourth-order valence-electron chi connectivity index (χ4n) is 1.07. The Bertz CT molecular complexity index is 72.9. The quantitative estimate of drug-likeness (QED) is 0.549. The third-order valence-electron chi connectivity index (χ3n) is 1.87. The molecule has 0 spiro atoms. The summed E-state index contributed by atoms with van der Waals surface area (Å²) < 4.78 is 0. The van der Waals surface area contributed by atoms with Gasteiger partial charge >= 0.3 is 0 Å². The molecule has 2 heteroatoms. The molecule has 0 aromatic rings. The summed E-state index contributed by atoms with van der Waals surface area (Å²) >= 11 is 0. The number of nitrogens with zero attached hydrogens (tertiary/aromatic N) is 1. The van der Waals surface area contributed by atoms with Crippen molar-refractivity contribution in [3.8, 4) is 0 Å². The van der Waals surface area contributed by atoms with Crippen molar-refractivity contribution in [3.63, 3.8) is 0 Å². The van der Waals surface area contributed by atoms with Gasteiger partial charge < -0.3 is 5.73 Å². The first-order chi connectivity index (χ1) is 3.84. The summed E-state index contributed by atoms with van der Waals surface area (Å²) in [4.78, 5) is 2.40. The monoisotopic (exact) mass is 114 g/mol. The highest BCUT2D eigenvalue weighted by atomic mass is 15.2. The molecule has 1 rings (SSSR count). The lowest BCUT2D eigenvalue weighted by atomic mass is 10.1. The standard InChI is InChI=1S/C6H14N2/c1-6-2-4-8(6)5-3-7/h6H,2-5,7H2,1H3. The van der Waals surface area contributed by atoms with Crippen LogP contribution in [0.25, 0.3) is 0 Å². The van der Waals surface area contributed by atoms with Crippen molar-refractivity contribution in [2.45, 2.75) is 19.4 Å². The number of hydrogen-bond acceptors (Lipinski definition) is 2. The maximum absolute atomic E-state index is 5.36. The zero-order valence-corrected chi connectivity index (χ0v) is 5.43. The molecular weight excluding hydrogens is 100 g/mol. The normalized spacial score (nSPS) is 30.0. The van der Waals surface area contributed by atoms with Crippen molar-refractivity contribution in [1.82, 2.24) is 4.90 Å². The van der Waals surface area contributed by atoms with E-state index in [9.17, 15) is 0 Å². The zero-order chi connectivity index (χ0) is 5.98. The van der Waals surface area contributed by atoms with Crippen LogP contribution in [0.4, 0.5) is 0 Å². The molecule has 1 heterocycles. The Morgan fingerprint density at radius 3 is 2.62 bits per heavy atom. The topological polar surface area (TPSA) is 29.3 Å². The summed E-state index contributed by atoms with van der Waals surface area (Å²) in [6, 6.07) is 0.804. The van der Waals surface area contributed by atoms with E-state index in [1.54, 1.807) is 0 Å². The average molecular weight is 114 g/mol. The number of likely N-dealkylation sites (tertiary alicyclic amines) is 1. The van der Waals surface area contributed by atoms with Crippen LogP contribution in [0.5, 0.6) is 0 Å². The summed E-state index contributed by atoms with van der Waals surface area (Å²) in [7, 11) is 0. The Labute approximate surface area is 50.7 Å².